The third kappa shape index (κ3) is 1.54. The van der Waals surface area contributed by atoms with Crippen molar-refractivity contribution in [2.45, 2.75) is 32.1 Å². The SMILES string of the molecule is O=C1[C@@H]2[C@@H]3C=C[C@H]([C@H]4C[C@@H]34)[C@@H]2C(=O)N1c1ccc2c(c1)CCCC2. The lowest BCUT2D eigenvalue weighted by molar-refractivity contribution is -0.124. The van der Waals surface area contributed by atoms with E-state index in [1.165, 1.54) is 35.3 Å². The number of amides is 2. The van der Waals surface area contributed by atoms with E-state index in [0.717, 1.165) is 18.5 Å². The first-order valence-corrected chi connectivity index (χ1v) is 9.42. The molecule has 2 saturated carbocycles. The number of hydrogen-bond donors (Lipinski definition) is 0. The fraction of sp³-hybridized carbons (Fsp3) is 0.524. The van der Waals surface area contributed by atoms with Crippen molar-refractivity contribution in [3.05, 3.63) is 41.5 Å². The summed E-state index contributed by atoms with van der Waals surface area (Å²) < 4.78 is 0. The molecule has 1 aromatic rings. The summed E-state index contributed by atoms with van der Waals surface area (Å²) in [5, 5.41) is 0. The molecule has 6 aliphatic rings. The number of anilines is 1. The number of benzene rings is 1. The standard InChI is InChI=1S/C21H21NO2/c23-20-18-14-7-8-15(17-10-16(14)17)19(18)21(24)22(20)13-6-5-11-3-1-2-4-12(11)9-13/h5-9,14-19H,1-4,10H2/t14-,15-,16-,17+,18+,19-/m1/s1. The predicted molar refractivity (Wildman–Crippen MR) is 90.3 cm³/mol. The number of carbonyl (C=O) groups excluding carboxylic acids is 2. The van der Waals surface area contributed by atoms with Gasteiger partial charge in [0.1, 0.15) is 0 Å². The van der Waals surface area contributed by atoms with Crippen LogP contribution >= 0.6 is 0 Å². The van der Waals surface area contributed by atoms with Crippen LogP contribution in [-0.4, -0.2) is 11.8 Å². The minimum Gasteiger partial charge on any atom is -0.274 e. The highest BCUT2D eigenvalue weighted by molar-refractivity contribution is 6.22. The Morgan fingerprint density at radius 1 is 0.833 bits per heavy atom. The summed E-state index contributed by atoms with van der Waals surface area (Å²) in [4.78, 5) is 27.8. The highest BCUT2D eigenvalue weighted by Crippen LogP contribution is 2.65. The molecule has 1 aliphatic heterocycles. The minimum absolute atomic E-state index is 0.0606. The minimum atomic E-state index is -0.0905. The van der Waals surface area contributed by atoms with Crippen molar-refractivity contribution in [3.63, 3.8) is 0 Å². The average Bonchev–Trinajstić information content (AvgIpc) is 3.39. The molecule has 122 valence electrons. The van der Waals surface area contributed by atoms with Gasteiger partial charge >= 0.3 is 0 Å². The number of imide groups is 1. The highest BCUT2D eigenvalue weighted by atomic mass is 16.2. The van der Waals surface area contributed by atoms with E-state index in [4.69, 9.17) is 0 Å². The second-order valence-corrected chi connectivity index (χ2v) is 8.33. The molecule has 0 aromatic heterocycles. The highest BCUT2D eigenvalue weighted by Gasteiger charge is 2.67. The Labute approximate surface area is 141 Å². The molecule has 0 spiro atoms. The van der Waals surface area contributed by atoms with Crippen molar-refractivity contribution < 1.29 is 9.59 Å². The molecule has 24 heavy (non-hydrogen) atoms. The molecule has 2 bridgehead atoms. The van der Waals surface area contributed by atoms with Gasteiger partial charge in [0.25, 0.3) is 0 Å². The molecular formula is C21H21NO2. The summed E-state index contributed by atoms with van der Waals surface area (Å²) in [6.07, 6.45) is 10.3. The number of carbonyl (C=O) groups is 2. The number of fused-ring (bicyclic) bond motifs is 1. The lowest BCUT2D eigenvalue weighted by Crippen LogP contribution is -2.40. The Morgan fingerprint density at radius 3 is 2.12 bits per heavy atom. The van der Waals surface area contributed by atoms with Gasteiger partial charge in [0, 0.05) is 0 Å². The maximum atomic E-state index is 13.1. The van der Waals surface area contributed by atoms with Crippen LogP contribution in [0.4, 0.5) is 5.69 Å². The first-order chi connectivity index (χ1) is 11.7. The summed E-state index contributed by atoms with van der Waals surface area (Å²) in [5.41, 5.74) is 3.54. The van der Waals surface area contributed by atoms with E-state index in [1.807, 2.05) is 6.07 Å². The number of rotatable bonds is 1. The molecule has 1 saturated heterocycles. The van der Waals surface area contributed by atoms with Gasteiger partial charge in [-0.05, 0) is 79.0 Å². The van der Waals surface area contributed by atoms with Gasteiger partial charge < -0.3 is 0 Å². The smallest absolute Gasteiger partial charge is 0.238 e. The zero-order valence-electron chi connectivity index (χ0n) is 13.7. The molecule has 1 heterocycles. The van der Waals surface area contributed by atoms with E-state index in [-0.39, 0.29) is 23.7 Å². The van der Waals surface area contributed by atoms with Crippen molar-refractivity contribution in [3.8, 4) is 0 Å². The van der Waals surface area contributed by atoms with Crippen molar-refractivity contribution in [2.24, 2.45) is 35.5 Å². The van der Waals surface area contributed by atoms with Gasteiger partial charge in [0.2, 0.25) is 11.8 Å². The second kappa shape index (κ2) is 4.38. The summed E-state index contributed by atoms with van der Waals surface area (Å²) >= 11 is 0. The van der Waals surface area contributed by atoms with Gasteiger partial charge in [-0.25, -0.2) is 0 Å². The van der Waals surface area contributed by atoms with Gasteiger partial charge in [-0.1, -0.05) is 18.2 Å². The molecule has 2 amide bonds. The maximum Gasteiger partial charge on any atom is 0.238 e. The molecule has 0 unspecified atom stereocenters. The van der Waals surface area contributed by atoms with E-state index in [9.17, 15) is 9.59 Å². The van der Waals surface area contributed by atoms with Gasteiger partial charge in [0.15, 0.2) is 0 Å². The zero-order chi connectivity index (χ0) is 16.0. The number of aryl methyl sites for hydroxylation is 2. The first kappa shape index (κ1) is 13.4. The van der Waals surface area contributed by atoms with Crippen molar-refractivity contribution in [1.29, 1.82) is 0 Å². The van der Waals surface area contributed by atoms with Crippen LogP contribution in [-0.2, 0) is 22.4 Å². The van der Waals surface area contributed by atoms with Crippen LogP contribution in [0.25, 0.3) is 0 Å². The van der Waals surface area contributed by atoms with E-state index in [1.54, 1.807) is 0 Å². The topological polar surface area (TPSA) is 37.4 Å². The monoisotopic (exact) mass is 319 g/mol. The van der Waals surface area contributed by atoms with Crippen LogP contribution < -0.4 is 4.90 Å². The molecule has 5 aliphatic carbocycles. The molecule has 7 rings (SSSR count). The third-order valence-corrected chi connectivity index (χ3v) is 7.25. The summed E-state index contributed by atoms with van der Waals surface area (Å²) in [6.45, 7) is 0. The quantitative estimate of drug-likeness (QED) is 0.589. The normalized spacial score (nSPS) is 41.2. The Kier molecular flexibility index (Phi) is 2.45. The Bertz CT molecular complexity index is 774. The van der Waals surface area contributed by atoms with Gasteiger partial charge in [-0.3, -0.25) is 14.5 Å². The van der Waals surface area contributed by atoms with E-state index < -0.39 is 0 Å². The van der Waals surface area contributed by atoms with Gasteiger partial charge in [0.05, 0.1) is 17.5 Å². The average molecular weight is 319 g/mol. The molecule has 1 aromatic carbocycles. The number of nitrogens with zero attached hydrogens (tertiary/aromatic N) is 1. The van der Waals surface area contributed by atoms with E-state index in [0.29, 0.717) is 23.7 Å². The second-order valence-electron chi connectivity index (χ2n) is 8.33. The Hall–Kier alpha value is -1.90. The lowest BCUT2D eigenvalue weighted by Gasteiger charge is -2.37. The first-order valence-electron chi connectivity index (χ1n) is 9.42. The van der Waals surface area contributed by atoms with Crippen molar-refractivity contribution in [1.82, 2.24) is 0 Å². The molecular weight excluding hydrogens is 298 g/mol. The Balaban J connectivity index is 1.41. The van der Waals surface area contributed by atoms with Crippen LogP contribution in [0, 0.1) is 35.5 Å². The van der Waals surface area contributed by atoms with Crippen LogP contribution in [0.3, 0.4) is 0 Å². The van der Waals surface area contributed by atoms with Crippen LogP contribution in [0.1, 0.15) is 30.4 Å². The lowest BCUT2D eigenvalue weighted by atomic mass is 9.63. The number of hydrogen-bond acceptors (Lipinski definition) is 2. The molecule has 3 heteroatoms. The summed E-state index contributed by atoms with van der Waals surface area (Å²) in [5.74, 6) is 1.90. The fourth-order valence-electron chi connectivity index (χ4n) is 6.07. The zero-order valence-corrected chi connectivity index (χ0v) is 13.7. The van der Waals surface area contributed by atoms with Crippen molar-refractivity contribution in [2.75, 3.05) is 4.90 Å². The molecule has 0 N–H and O–H groups in total. The summed E-state index contributed by atoms with van der Waals surface area (Å²) in [7, 11) is 0. The van der Waals surface area contributed by atoms with Crippen molar-refractivity contribution >= 4 is 17.5 Å². The van der Waals surface area contributed by atoms with Crippen LogP contribution in [0.15, 0.2) is 30.4 Å². The number of allylic oxidation sites excluding steroid dienone is 2. The molecule has 6 atom stereocenters. The van der Waals surface area contributed by atoms with Gasteiger partial charge in [-0.2, -0.15) is 0 Å². The fourth-order valence-corrected chi connectivity index (χ4v) is 6.07. The maximum absolute atomic E-state index is 13.1. The van der Waals surface area contributed by atoms with Gasteiger partial charge in [-0.15, -0.1) is 0 Å². The van der Waals surface area contributed by atoms with E-state index in [2.05, 4.69) is 24.3 Å². The molecule has 0 radical (unpaired) electrons. The Morgan fingerprint density at radius 2 is 1.46 bits per heavy atom. The largest absolute Gasteiger partial charge is 0.274 e. The summed E-state index contributed by atoms with van der Waals surface area (Å²) in [6, 6.07) is 6.24. The van der Waals surface area contributed by atoms with Crippen LogP contribution in [0.5, 0.6) is 0 Å². The molecule has 3 nitrogen and oxygen atoms in total. The van der Waals surface area contributed by atoms with E-state index >= 15 is 0 Å². The molecule has 3 fully saturated rings. The predicted octanol–water partition coefficient (Wildman–Crippen LogP) is 3.12. The third-order valence-electron chi connectivity index (χ3n) is 7.25. The van der Waals surface area contributed by atoms with Crippen LogP contribution in [0.2, 0.25) is 0 Å².